The van der Waals surface area contributed by atoms with Crippen molar-refractivity contribution in [1.82, 2.24) is 15.5 Å². The first kappa shape index (κ1) is 12.3. The van der Waals surface area contributed by atoms with Crippen LogP contribution in [0.1, 0.15) is 28.9 Å². The summed E-state index contributed by atoms with van der Waals surface area (Å²) in [5.74, 6) is 1.33. The molecule has 1 aliphatic rings. The van der Waals surface area contributed by atoms with Gasteiger partial charge in [0.05, 0.1) is 13.2 Å². The summed E-state index contributed by atoms with van der Waals surface area (Å²) in [6.45, 7) is 4.22. The van der Waals surface area contributed by atoms with Gasteiger partial charge in [-0.3, -0.25) is 0 Å². The standard InChI is InChI=1S/C14H17N3O2/c1-10-3-2-4-11(7-10)8-13-16-14(19-17-13)12-9-18-6-5-15-12/h2-4,7,12,15H,5-6,8-9H2,1H3. The SMILES string of the molecule is Cc1cccc(Cc2noc(C3COCCN3)n2)c1. The lowest BCUT2D eigenvalue weighted by Crippen LogP contribution is -2.34. The minimum Gasteiger partial charge on any atom is -0.378 e. The highest BCUT2D eigenvalue weighted by Crippen LogP contribution is 2.15. The van der Waals surface area contributed by atoms with Crippen LogP contribution in [0.25, 0.3) is 0 Å². The molecule has 1 fully saturated rings. The van der Waals surface area contributed by atoms with E-state index in [0.717, 1.165) is 13.2 Å². The third-order valence-electron chi connectivity index (χ3n) is 3.15. The van der Waals surface area contributed by atoms with E-state index >= 15 is 0 Å². The molecule has 1 N–H and O–H groups in total. The average Bonchev–Trinajstić information content (AvgIpc) is 2.88. The number of benzene rings is 1. The number of nitrogens with one attached hydrogen (secondary N) is 1. The smallest absolute Gasteiger partial charge is 0.246 e. The molecule has 2 heterocycles. The van der Waals surface area contributed by atoms with Crippen molar-refractivity contribution >= 4 is 0 Å². The number of hydrogen-bond acceptors (Lipinski definition) is 5. The third kappa shape index (κ3) is 3.00. The Labute approximate surface area is 112 Å². The van der Waals surface area contributed by atoms with Crippen LogP contribution in [-0.2, 0) is 11.2 Å². The van der Waals surface area contributed by atoms with Crippen LogP contribution in [0.2, 0.25) is 0 Å². The van der Waals surface area contributed by atoms with Gasteiger partial charge < -0.3 is 14.6 Å². The van der Waals surface area contributed by atoms with E-state index in [9.17, 15) is 0 Å². The van der Waals surface area contributed by atoms with Gasteiger partial charge >= 0.3 is 0 Å². The molecule has 0 amide bonds. The number of nitrogens with zero attached hydrogens (tertiary/aromatic N) is 2. The van der Waals surface area contributed by atoms with E-state index in [1.165, 1.54) is 11.1 Å². The van der Waals surface area contributed by atoms with Crippen molar-refractivity contribution in [3.8, 4) is 0 Å². The zero-order valence-electron chi connectivity index (χ0n) is 10.9. The molecule has 0 bridgehead atoms. The Morgan fingerprint density at radius 1 is 1.42 bits per heavy atom. The molecule has 3 rings (SSSR count). The van der Waals surface area contributed by atoms with Gasteiger partial charge in [0.25, 0.3) is 0 Å². The molecule has 19 heavy (non-hydrogen) atoms. The summed E-state index contributed by atoms with van der Waals surface area (Å²) >= 11 is 0. The van der Waals surface area contributed by atoms with E-state index in [-0.39, 0.29) is 6.04 Å². The normalized spacial score (nSPS) is 19.5. The molecule has 0 radical (unpaired) electrons. The summed E-state index contributed by atoms with van der Waals surface area (Å²) in [6.07, 6.45) is 0.693. The number of morpholine rings is 1. The van der Waals surface area contributed by atoms with Crippen LogP contribution in [-0.4, -0.2) is 29.9 Å². The van der Waals surface area contributed by atoms with Crippen LogP contribution in [0.3, 0.4) is 0 Å². The quantitative estimate of drug-likeness (QED) is 0.907. The van der Waals surface area contributed by atoms with Gasteiger partial charge in [-0.1, -0.05) is 35.0 Å². The molecule has 100 valence electrons. The minimum absolute atomic E-state index is 0.0208. The van der Waals surface area contributed by atoms with Crippen molar-refractivity contribution in [1.29, 1.82) is 0 Å². The number of ether oxygens (including phenoxy) is 1. The average molecular weight is 259 g/mol. The minimum atomic E-state index is 0.0208. The molecule has 1 saturated heterocycles. The maximum atomic E-state index is 5.39. The Hall–Kier alpha value is -1.72. The fraction of sp³-hybridized carbons (Fsp3) is 0.429. The lowest BCUT2D eigenvalue weighted by atomic mass is 10.1. The fourth-order valence-electron chi connectivity index (χ4n) is 2.21. The van der Waals surface area contributed by atoms with Gasteiger partial charge in [-0.15, -0.1) is 0 Å². The van der Waals surface area contributed by atoms with E-state index in [1.54, 1.807) is 0 Å². The molecule has 1 aliphatic heterocycles. The number of aryl methyl sites for hydroxylation is 1. The summed E-state index contributed by atoms with van der Waals surface area (Å²) < 4.78 is 10.7. The van der Waals surface area contributed by atoms with Crippen molar-refractivity contribution in [2.24, 2.45) is 0 Å². The second kappa shape index (κ2) is 5.50. The Kier molecular flexibility index (Phi) is 3.57. The molecule has 1 unspecified atom stereocenters. The topological polar surface area (TPSA) is 60.2 Å². The van der Waals surface area contributed by atoms with Crippen LogP contribution in [0.15, 0.2) is 28.8 Å². The molecule has 0 saturated carbocycles. The Bertz CT molecular complexity index is 547. The van der Waals surface area contributed by atoms with E-state index in [4.69, 9.17) is 9.26 Å². The predicted octanol–water partition coefficient (Wildman–Crippen LogP) is 1.63. The van der Waals surface area contributed by atoms with Gasteiger partial charge in [-0.25, -0.2) is 0 Å². The van der Waals surface area contributed by atoms with Crippen LogP contribution < -0.4 is 5.32 Å². The lowest BCUT2D eigenvalue weighted by molar-refractivity contribution is 0.0659. The molecular formula is C14H17N3O2. The third-order valence-corrected chi connectivity index (χ3v) is 3.15. The molecule has 1 aromatic carbocycles. The molecule has 5 heteroatoms. The van der Waals surface area contributed by atoms with Gasteiger partial charge in [0.15, 0.2) is 5.82 Å². The van der Waals surface area contributed by atoms with E-state index in [0.29, 0.717) is 24.7 Å². The van der Waals surface area contributed by atoms with E-state index in [1.807, 2.05) is 6.07 Å². The van der Waals surface area contributed by atoms with Gasteiger partial charge in [0.1, 0.15) is 6.04 Å². The highest BCUT2D eigenvalue weighted by molar-refractivity contribution is 5.24. The van der Waals surface area contributed by atoms with Crippen molar-refractivity contribution in [3.63, 3.8) is 0 Å². The Morgan fingerprint density at radius 2 is 2.37 bits per heavy atom. The zero-order valence-corrected chi connectivity index (χ0v) is 10.9. The highest BCUT2D eigenvalue weighted by Gasteiger charge is 2.21. The Balaban J connectivity index is 1.70. The van der Waals surface area contributed by atoms with E-state index < -0.39 is 0 Å². The largest absolute Gasteiger partial charge is 0.378 e. The van der Waals surface area contributed by atoms with Crippen LogP contribution in [0.4, 0.5) is 0 Å². The molecule has 2 aromatic rings. The predicted molar refractivity (Wildman–Crippen MR) is 69.8 cm³/mol. The van der Waals surface area contributed by atoms with Gasteiger partial charge in [-0.05, 0) is 12.5 Å². The summed E-state index contributed by atoms with van der Waals surface area (Å²) in [4.78, 5) is 4.44. The number of rotatable bonds is 3. The summed E-state index contributed by atoms with van der Waals surface area (Å²) in [5, 5.41) is 7.34. The molecule has 1 atom stereocenters. The van der Waals surface area contributed by atoms with Crippen LogP contribution in [0, 0.1) is 6.92 Å². The summed E-state index contributed by atoms with van der Waals surface area (Å²) in [5.41, 5.74) is 2.43. The van der Waals surface area contributed by atoms with E-state index in [2.05, 4.69) is 40.6 Å². The van der Waals surface area contributed by atoms with Crippen molar-refractivity contribution in [2.75, 3.05) is 19.8 Å². The van der Waals surface area contributed by atoms with Gasteiger partial charge in [-0.2, -0.15) is 4.98 Å². The highest BCUT2D eigenvalue weighted by atomic mass is 16.5. The number of hydrogen-bond donors (Lipinski definition) is 1. The maximum Gasteiger partial charge on any atom is 0.246 e. The lowest BCUT2D eigenvalue weighted by Gasteiger charge is -2.20. The van der Waals surface area contributed by atoms with Gasteiger partial charge in [0.2, 0.25) is 5.89 Å². The van der Waals surface area contributed by atoms with Crippen molar-refractivity contribution in [2.45, 2.75) is 19.4 Å². The van der Waals surface area contributed by atoms with Crippen LogP contribution in [0.5, 0.6) is 0 Å². The van der Waals surface area contributed by atoms with Crippen molar-refractivity contribution < 1.29 is 9.26 Å². The van der Waals surface area contributed by atoms with Crippen LogP contribution >= 0.6 is 0 Å². The zero-order chi connectivity index (χ0) is 13.1. The summed E-state index contributed by atoms with van der Waals surface area (Å²) in [7, 11) is 0. The molecule has 0 aliphatic carbocycles. The Morgan fingerprint density at radius 3 is 3.16 bits per heavy atom. The van der Waals surface area contributed by atoms with Crippen molar-refractivity contribution in [3.05, 3.63) is 47.1 Å². The second-order valence-electron chi connectivity index (χ2n) is 4.80. The monoisotopic (exact) mass is 259 g/mol. The first-order chi connectivity index (χ1) is 9.31. The molecule has 0 spiro atoms. The second-order valence-corrected chi connectivity index (χ2v) is 4.80. The summed E-state index contributed by atoms with van der Waals surface area (Å²) in [6, 6.07) is 8.35. The maximum absolute atomic E-state index is 5.39. The first-order valence-corrected chi connectivity index (χ1v) is 6.50. The first-order valence-electron chi connectivity index (χ1n) is 6.50. The van der Waals surface area contributed by atoms with Gasteiger partial charge in [0, 0.05) is 13.0 Å². The number of aromatic nitrogens is 2. The molecule has 5 nitrogen and oxygen atoms in total. The molecule has 1 aromatic heterocycles. The fourth-order valence-corrected chi connectivity index (χ4v) is 2.21. The molecular weight excluding hydrogens is 242 g/mol.